The summed E-state index contributed by atoms with van der Waals surface area (Å²) in [7, 11) is 0. The van der Waals surface area contributed by atoms with Gasteiger partial charge in [0.05, 0.1) is 12.9 Å². The Labute approximate surface area is 72.2 Å². The number of rotatable bonds is 1. The molecule has 1 aliphatic carbocycles. The van der Waals surface area contributed by atoms with Gasteiger partial charge in [0.1, 0.15) is 5.76 Å². The van der Waals surface area contributed by atoms with Crippen molar-refractivity contribution in [2.45, 2.75) is 31.6 Å². The molecular weight excluding hydrogens is 152 g/mol. The lowest BCUT2D eigenvalue weighted by molar-refractivity contribution is 0.165. The molecule has 0 aliphatic heterocycles. The smallest absolute Gasteiger partial charge is 0.115 e. The quantitative estimate of drug-likeness (QED) is 0.690. The molecule has 0 radical (unpaired) electrons. The van der Waals surface area contributed by atoms with Crippen molar-refractivity contribution in [2.24, 2.45) is 0 Å². The molecule has 1 aliphatic rings. The van der Waals surface area contributed by atoms with Gasteiger partial charge >= 0.3 is 0 Å². The van der Waals surface area contributed by atoms with Gasteiger partial charge in [-0.25, -0.2) is 0 Å². The van der Waals surface area contributed by atoms with Crippen molar-refractivity contribution in [3.8, 4) is 0 Å². The van der Waals surface area contributed by atoms with Crippen LogP contribution >= 0.6 is 0 Å². The molecule has 0 unspecified atom stereocenters. The molecule has 2 heteroatoms. The van der Waals surface area contributed by atoms with Crippen LogP contribution in [0.4, 0.5) is 0 Å². The molecule has 2 rings (SSSR count). The molecule has 0 amide bonds. The second kappa shape index (κ2) is 2.63. The fraction of sp³-hybridized carbons (Fsp3) is 0.600. The Morgan fingerprint density at radius 2 is 2.50 bits per heavy atom. The summed E-state index contributed by atoms with van der Waals surface area (Å²) < 4.78 is 5.40. The van der Waals surface area contributed by atoms with E-state index in [0.717, 1.165) is 25.0 Å². The summed E-state index contributed by atoms with van der Waals surface area (Å²) in [5.41, 5.74) is 1.15. The Hall–Kier alpha value is -0.760. The predicted molar refractivity (Wildman–Crippen MR) is 46.1 cm³/mol. The molecule has 0 spiro atoms. The van der Waals surface area contributed by atoms with Crippen LogP contribution in [0.5, 0.6) is 0 Å². The molecule has 0 saturated heterocycles. The van der Waals surface area contributed by atoms with Gasteiger partial charge in [-0.3, -0.25) is 0 Å². The molecule has 0 bridgehead atoms. The third-order valence-corrected chi connectivity index (χ3v) is 2.82. The first kappa shape index (κ1) is 7.87. The molecule has 2 nitrogen and oxygen atoms in total. The zero-order valence-electron chi connectivity index (χ0n) is 7.34. The predicted octanol–water partition coefficient (Wildman–Crippen LogP) is 1.87. The highest BCUT2D eigenvalue weighted by Gasteiger charge is 2.34. The van der Waals surface area contributed by atoms with E-state index in [2.05, 4.69) is 6.92 Å². The van der Waals surface area contributed by atoms with E-state index < -0.39 is 0 Å². The van der Waals surface area contributed by atoms with Crippen LogP contribution < -0.4 is 0 Å². The van der Waals surface area contributed by atoms with Crippen molar-refractivity contribution < 1.29 is 9.52 Å². The van der Waals surface area contributed by atoms with Gasteiger partial charge in [0.2, 0.25) is 0 Å². The van der Waals surface area contributed by atoms with E-state index in [1.165, 1.54) is 5.56 Å². The van der Waals surface area contributed by atoms with Crippen LogP contribution in [0.1, 0.15) is 31.1 Å². The number of aliphatic hydroxyl groups is 1. The molecule has 12 heavy (non-hydrogen) atoms. The van der Waals surface area contributed by atoms with Crippen LogP contribution in [-0.2, 0) is 11.8 Å². The highest BCUT2D eigenvalue weighted by atomic mass is 16.3. The SMILES string of the molecule is C[C@@]1(CO)CCCc2ccoc21. The number of hydrogen-bond acceptors (Lipinski definition) is 2. The average molecular weight is 166 g/mol. The summed E-state index contributed by atoms with van der Waals surface area (Å²) in [5.74, 6) is 0.997. The van der Waals surface area contributed by atoms with Gasteiger partial charge in [0, 0.05) is 5.41 Å². The number of aliphatic hydroxyl groups excluding tert-OH is 1. The van der Waals surface area contributed by atoms with E-state index in [4.69, 9.17) is 4.42 Å². The van der Waals surface area contributed by atoms with Crippen LogP contribution in [-0.4, -0.2) is 11.7 Å². The van der Waals surface area contributed by atoms with Crippen LogP contribution in [0.3, 0.4) is 0 Å². The van der Waals surface area contributed by atoms with Gasteiger partial charge in [-0.2, -0.15) is 0 Å². The van der Waals surface area contributed by atoms with E-state index >= 15 is 0 Å². The second-order valence-corrected chi connectivity index (χ2v) is 3.85. The molecule has 1 heterocycles. The molecule has 0 saturated carbocycles. The van der Waals surface area contributed by atoms with Crippen LogP contribution in [0, 0.1) is 0 Å². The second-order valence-electron chi connectivity index (χ2n) is 3.85. The molecular formula is C10H14O2. The lowest BCUT2D eigenvalue weighted by atomic mass is 9.76. The Morgan fingerprint density at radius 3 is 3.25 bits per heavy atom. The topological polar surface area (TPSA) is 33.4 Å². The van der Waals surface area contributed by atoms with E-state index in [1.807, 2.05) is 6.07 Å². The van der Waals surface area contributed by atoms with Crippen LogP contribution in [0.15, 0.2) is 16.7 Å². The average Bonchev–Trinajstić information content (AvgIpc) is 2.54. The van der Waals surface area contributed by atoms with Crippen molar-refractivity contribution in [3.05, 3.63) is 23.7 Å². The number of fused-ring (bicyclic) bond motifs is 1. The van der Waals surface area contributed by atoms with Gasteiger partial charge in [-0.05, 0) is 30.9 Å². The summed E-state index contributed by atoms with van der Waals surface area (Å²) in [6.45, 7) is 2.25. The fourth-order valence-corrected chi connectivity index (χ4v) is 2.00. The fourth-order valence-electron chi connectivity index (χ4n) is 2.00. The molecule has 0 aromatic carbocycles. The van der Waals surface area contributed by atoms with Crippen LogP contribution in [0.2, 0.25) is 0 Å². The first-order valence-electron chi connectivity index (χ1n) is 4.44. The Morgan fingerprint density at radius 1 is 1.67 bits per heavy atom. The molecule has 1 aromatic rings. The van der Waals surface area contributed by atoms with Crippen molar-refractivity contribution >= 4 is 0 Å². The highest BCUT2D eigenvalue weighted by molar-refractivity contribution is 5.27. The van der Waals surface area contributed by atoms with Gasteiger partial charge in [0.25, 0.3) is 0 Å². The van der Waals surface area contributed by atoms with Crippen molar-refractivity contribution in [1.29, 1.82) is 0 Å². The Balaban J connectivity index is 2.44. The van der Waals surface area contributed by atoms with Crippen molar-refractivity contribution in [1.82, 2.24) is 0 Å². The van der Waals surface area contributed by atoms with E-state index in [1.54, 1.807) is 6.26 Å². The molecule has 66 valence electrons. The van der Waals surface area contributed by atoms with Gasteiger partial charge in [0.15, 0.2) is 0 Å². The summed E-state index contributed by atoms with van der Waals surface area (Å²) >= 11 is 0. The third kappa shape index (κ3) is 0.985. The van der Waals surface area contributed by atoms with E-state index in [-0.39, 0.29) is 12.0 Å². The Kier molecular flexibility index (Phi) is 1.72. The first-order chi connectivity index (χ1) is 5.76. The van der Waals surface area contributed by atoms with Crippen LogP contribution in [0.25, 0.3) is 0 Å². The van der Waals surface area contributed by atoms with Gasteiger partial charge in [-0.15, -0.1) is 0 Å². The minimum atomic E-state index is -0.128. The standard InChI is InChI=1S/C10H14O2/c1-10(7-11)5-2-3-8-4-6-12-9(8)10/h4,6,11H,2-3,5,7H2,1H3/t10-/m0/s1. The highest BCUT2D eigenvalue weighted by Crippen LogP contribution is 2.37. The third-order valence-electron chi connectivity index (χ3n) is 2.82. The summed E-state index contributed by atoms with van der Waals surface area (Å²) in [6, 6.07) is 2.02. The molecule has 1 atom stereocenters. The molecule has 1 aromatic heterocycles. The van der Waals surface area contributed by atoms with Crippen molar-refractivity contribution in [2.75, 3.05) is 6.61 Å². The maximum absolute atomic E-state index is 9.26. The lowest BCUT2D eigenvalue weighted by Crippen LogP contribution is -2.30. The van der Waals surface area contributed by atoms with E-state index in [9.17, 15) is 5.11 Å². The monoisotopic (exact) mass is 166 g/mol. The normalized spacial score (nSPS) is 28.5. The number of furan rings is 1. The summed E-state index contributed by atoms with van der Waals surface area (Å²) in [6.07, 6.45) is 5.01. The summed E-state index contributed by atoms with van der Waals surface area (Å²) in [5, 5.41) is 9.26. The minimum absolute atomic E-state index is 0.128. The zero-order chi connectivity index (χ0) is 8.60. The van der Waals surface area contributed by atoms with Gasteiger partial charge < -0.3 is 9.52 Å². The van der Waals surface area contributed by atoms with Gasteiger partial charge in [-0.1, -0.05) is 6.92 Å². The maximum atomic E-state index is 9.26. The number of hydrogen-bond donors (Lipinski definition) is 1. The first-order valence-corrected chi connectivity index (χ1v) is 4.44. The molecule has 1 N–H and O–H groups in total. The summed E-state index contributed by atoms with van der Waals surface area (Å²) in [4.78, 5) is 0. The largest absolute Gasteiger partial charge is 0.468 e. The van der Waals surface area contributed by atoms with E-state index in [0.29, 0.717) is 0 Å². The minimum Gasteiger partial charge on any atom is -0.468 e. The lowest BCUT2D eigenvalue weighted by Gasteiger charge is -2.29. The number of aryl methyl sites for hydroxylation is 1. The molecule has 0 fully saturated rings. The maximum Gasteiger partial charge on any atom is 0.115 e. The van der Waals surface area contributed by atoms with Crippen molar-refractivity contribution in [3.63, 3.8) is 0 Å². The zero-order valence-corrected chi connectivity index (χ0v) is 7.34. The Bertz CT molecular complexity index is 277.